The van der Waals surface area contributed by atoms with E-state index in [4.69, 9.17) is 0 Å². The lowest BCUT2D eigenvalue weighted by atomic mass is 9.79. The first-order valence-electron chi connectivity index (χ1n) is 9.57. The molecule has 0 spiro atoms. The summed E-state index contributed by atoms with van der Waals surface area (Å²) in [5.41, 5.74) is 3.92. The molecule has 0 saturated heterocycles. The Morgan fingerprint density at radius 1 is 1.00 bits per heavy atom. The molecule has 0 aliphatic heterocycles. The summed E-state index contributed by atoms with van der Waals surface area (Å²) in [6.07, 6.45) is 0.678. The number of aromatic nitrogens is 4. The van der Waals surface area contributed by atoms with E-state index < -0.39 is 7.12 Å². The summed E-state index contributed by atoms with van der Waals surface area (Å²) in [6.45, 7) is 4.54. The molecule has 8 heteroatoms. The number of fused-ring (bicyclic) bond motifs is 1. The van der Waals surface area contributed by atoms with Crippen LogP contribution in [-0.4, -0.2) is 37.1 Å². The standard InChI is InChI=1S/C21H22BN5O2/c1-3-17-25-20(27-21(26-17)23-12-14-8-5-4-6-9-14)18-13(2)24-19-15(18)10-7-11-16(19)22(28)29/h4-11,24,28-29H,3,12H2,1-2H3,(H,23,25,26,27). The maximum atomic E-state index is 9.68. The van der Waals surface area contributed by atoms with Gasteiger partial charge in [0.15, 0.2) is 5.82 Å². The Labute approximate surface area is 169 Å². The molecule has 4 rings (SSSR count). The second kappa shape index (κ2) is 8.02. The van der Waals surface area contributed by atoms with Crippen molar-refractivity contribution in [1.82, 2.24) is 19.9 Å². The Morgan fingerprint density at radius 2 is 1.79 bits per heavy atom. The second-order valence-corrected chi connectivity index (χ2v) is 6.86. The maximum absolute atomic E-state index is 9.68. The number of rotatable bonds is 6. The second-order valence-electron chi connectivity index (χ2n) is 6.86. The molecule has 0 atom stereocenters. The van der Waals surface area contributed by atoms with Crippen LogP contribution < -0.4 is 10.8 Å². The molecule has 146 valence electrons. The Morgan fingerprint density at radius 3 is 2.52 bits per heavy atom. The summed E-state index contributed by atoms with van der Waals surface area (Å²) in [4.78, 5) is 17.0. The van der Waals surface area contributed by atoms with E-state index in [0.29, 0.717) is 41.5 Å². The quantitative estimate of drug-likeness (QED) is 0.378. The Hall–Kier alpha value is -3.23. The molecule has 0 amide bonds. The fourth-order valence-electron chi connectivity index (χ4n) is 3.42. The van der Waals surface area contributed by atoms with Crippen molar-refractivity contribution in [3.05, 3.63) is 65.6 Å². The molecule has 2 aromatic heterocycles. The molecule has 0 bridgehead atoms. The van der Waals surface area contributed by atoms with Gasteiger partial charge in [-0.3, -0.25) is 0 Å². The van der Waals surface area contributed by atoms with Crippen LogP contribution >= 0.6 is 0 Å². The molecule has 2 heterocycles. The van der Waals surface area contributed by atoms with Crippen molar-refractivity contribution in [1.29, 1.82) is 0 Å². The van der Waals surface area contributed by atoms with Gasteiger partial charge in [0.25, 0.3) is 0 Å². The number of H-pyrrole nitrogens is 1. The molecule has 0 fully saturated rings. The lowest BCUT2D eigenvalue weighted by Gasteiger charge is -2.09. The Bertz CT molecular complexity index is 1140. The highest BCUT2D eigenvalue weighted by atomic mass is 16.4. The smallest absolute Gasteiger partial charge is 0.423 e. The number of nitrogens with zero attached hydrogens (tertiary/aromatic N) is 3. The van der Waals surface area contributed by atoms with Crippen LogP contribution in [0, 0.1) is 6.92 Å². The van der Waals surface area contributed by atoms with Crippen molar-refractivity contribution in [3.63, 3.8) is 0 Å². The molecule has 7 nitrogen and oxygen atoms in total. The van der Waals surface area contributed by atoms with Crippen LogP contribution in [0.25, 0.3) is 22.3 Å². The van der Waals surface area contributed by atoms with Gasteiger partial charge in [-0.2, -0.15) is 9.97 Å². The molecule has 2 aromatic carbocycles. The average molecular weight is 387 g/mol. The van der Waals surface area contributed by atoms with Gasteiger partial charge >= 0.3 is 7.12 Å². The topological polar surface area (TPSA) is 107 Å². The SMILES string of the molecule is CCc1nc(NCc2ccccc2)nc(-c2c(C)[nH]c3c(B(O)O)cccc23)n1. The van der Waals surface area contributed by atoms with E-state index in [2.05, 4.69) is 25.3 Å². The summed E-state index contributed by atoms with van der Waals surface area (Å²) in [5, 5.41) is 23.5. The first kappa shape index (κ1) is 19.1. The van der Waals surface area contributed by atoms with E-state index in [1.54, 1.807) is 12.1 Å². The predicted octanol–water partition coefficient (Wildman–Crippen LogP) is 2.18. The monoisotopic (exact) mass is 387 g/mol. The van der Waals surface area contributed by atoms with Crippen molar-refractivity contribution in [2.45, 2.75) is 26.8 Å². The fraction of sp³-hybridized carbons (Fsp3) is 0.190. The lowest BCUT2D eigenvalue weighted by molar-refractivity contribution is 0.426. The van der Waals surface area contributed by atoms with Crippen molar-refractivity contribution < 1.29 is 10.0 Å². The minimum Gasteiger partial charge on any atom is -0.423 e. The molecule has 4 aromatic rings. The molecule has 4 N–H and O–H groups in total. The van der Waals surface area contributed by atoms with E-state index in [9.17, 15) is 10.0 Å². The number of benzene rings is 2. The predicted molar refractivity (Wildman–Crippen MR) is 115 cm³/mol. The Balaban J connectivity index is 1.77. The lowest BCUT2D eigenvalue weighted by Crippen LogP contribution is -2.30. The summed E-state index contributed by atoms with van der Waals surface area (Å²) < 4.78 is 0. The van der Waals surface area contributed by atoms with Gasteiger partial charge in [0.05, 0.1) is 0 Å². The summed E-state index contributed by atoms with van der Waals surface area (Å²) in [5.74, 6) is 1.77. The number of anilines is 1. The number of hydrogen-bond donors (Lipinski definition) is 4. The van der Waals surface area contributed by atoms with E-state index in [0.717, 1.165) is 22.2 Å². The summed E-state index contributed by atoms with van der Waals surface area (Å²) in [6, 6.07) is 15.5. The number of hydrogen-bond acceptors (Lipinski definition) is 6. The van der Waals surface area contributed by atoms with Gasteiger partial charge in [-0.15, -0.1) is 0 Å². The van der Waals surface area contributed by atoms with Crippen molar-refractivity contribution in [2.75, 3.05) is 5.32 Å². The molecule has 29 heavy (non-hydrogen) atoms. The Kier molecular flexibility index (Phi) is 5.29. The highest BCUT2D eigenvalue weighted by Gasteiger charge is 2.21. The summed E-state index contributed by atoms with van der Waals surface area (Å²) in [7, 11) is -1.56. The number of para-hydroxylation sites is 1. The first-order valence-corrected chi connectivity index (χ1v) is 9.57. The molecule has 0 aliphatic rings. The third-order valence-electron chi connectivity index (χ3n) is 4.85. The molecular weight excluding hydrogens is 365 g/mol. The largest absolute Gasteiger partial charge is 0.490 e. The fourth-order valence-corrected chi connectivity index (χ4v) is 3.42. The zero-order valence-electron chi connectivity index (χ0n) is 16.3. The molecular formula is C21H22BN5O2. The summed E-state index contributed by atoms with van der Waals surface area (Å²) >= 11 is 0. The molecule has 0 radical (unpaired) electrons. The minimum atomic E-state index is -1.56. The molecule has 0 aliphatic carbocycles. The normalized spacial score (nSPS) is 11.0. The van der Waals surface area contributed by atoms with Crippen LogP contribution in [0.1, 0.15) is 24.0 Å². The van der Waals surface area contributed by atoms with Crippen LogP contribution in [0.5, 0.6) is 0 Å². The zero-order valence-corrected chi connectivity index (χ0v) is 16.3. The van der Waals surface area contributed by atoms with Crippen molar-refractivity contribution >= 4 is 29.4 Å². The molecule has 0 saturated carbocycles. The minimum absolute atomic E-state index is 0.420. The first-order chi connectivity index (χ1) is 14.1. The molecule has 0 unspecified atom stereocenters. The van der Waals surface area contributed by atoms with E-state index >= 15 is 0 Å². The van der Waals surface area contributed by atoms with Crippen LogP contribution in [0.3, 0.4) is 0 Å². The van der Waals surface area contributed by atoms with E-state index in [-0.39, 0.29) is 0 Å². The third-order valence-corrected chi connectivity index (χ3v) is 4.85. The number of nitrogens with one attached hydrogen (secondary N) is 2. The highest BCUT2D eigenvalue weighted by Crippen LogP contribution is 2.29. The van der Waals surface area contributed by atoms with E-state index in [1.807, 2.05) is 50.2 Å². The van der Waals surface area contributed by atoms with Gasteiger partial charge in [-0.25, -0.2) is 4.98 Å². The number of aryl methyl sites for hydroxylation is 2. The van der Waals surface area contributed by atoms with Crippen molar-refractivity contribution in [2.24, 2.45) is 0 Å². The highest BCUT2D eigenvalue weighted by molar-refractivity contribution is 6.61. The van der Waals surface area contributed by atoms with E-state index in [1.165, 1.54) is 0 Å². The van der Waals surface area contributed by atoms with Gasteiger partial charge in [0, 0.05) is 40.6 Å². The van der Waals surface area contributed by atoms with Crippen LogP contribution in [0.4, 0.5) is 5.95 Å². The number of aromatic amines is 1. The van der Waals surface area contributed by atoms with Gasteiger partial charge < -0.3 is 20.3 Å². The van der Waals surface area contributed by atoms with Gasteiger partial charge in [-0.05, 0) is 12.5 Å². The van der Waals surface area contributed by atoms with Gasteiger partial charge in [0.2, 0.25) is 5.95 Å². The van der Waals surface area contributed by atoms with Crippen LogP contribution in [0.2, 0.25) is 0 Å². The zero-order chi connectivity index (χ0) is 20.4. The van der Waals surface area contributed by atoms with Gasteiger partial charge in [0.1, 0.15) is 5.82 Å². The van der Waals surface area contributed by atoms with Crippen LogP contribution in [0.15, 0.2) is 48.5 Å². The van der Waals surface area contributed by atoms with Crippen molar-refractivity contribution in [3.8, 4) is 11.4 Å². The third kappa shape index (κ3) is 3.85. The van der Waals surface area contributed by atoms with Crippen LogP contribution in [-0.2, 0) is 13.0 Å². The maximum Gasteiger partial charge on any atom is 0.490 e. The van der Waals surface area contributed by atoms with Gasteiger partial charge in [-0.1, -0.05) is 55.5 Å². The average Bonchev–Trinajstić information content (AvgIpc) is 3.08.